The van der Waals surface area contributed by atoms with Gasteiger partial charge >= 0.3 is 5.97 Å². The molecule has 0 saturated carbocycles. The van der Waals surface area contributed by atoms with E-state index in [0.717, 1.165) is 0 Å². The van der Waals surface area contributed by atoms with Crippen molar-refractivity contribution >= 4 is 29.5 Å². The molecule has 0 unspecified atom stereocenters. The first-order valence-corrected chi connectivity index (χ1v) is 5.75. The van der Waals surface area contributed by atoms with E-state index in [0.29, 0.717) is 22.2 Å². The molecule has 1 heterocycles. The van der Waals surface area contributed by atoms with Crippen molar-refractivity contribution in [3.05, 3.63) is 45.7 Å². The fraction of sp³-hybridized carbons (Fsp3) is 0.0769. The molecule has 0 radical (unpaired) electrons. The summed E-state index contributed by atoms with van der Waals surface area (Å²) in [7, 11) is 0. The third-order valence-corrected chi connectivity index (χ3v) is 2.58. The summed E-state index contributed by atoms with van der Waals surface area (Å²) >= 11 is 3.97. The zero-order chi connectivity index (χ0) is 13.1. The molecule has 90 valence electrons. The average molecular weight is 259 g/mol. The first-order chi connectivity index (χ1) is 8.63. The molecule has 0 spiro atoms. The maximum absolute atomic E-state index is 11.9. The van der Waals surface area contributed by atoms with Crippen molar-refractivity contribution in [3.63, 3.8) is 0 Å². The van der Waals surface area contributed by atoms with Gasteiger partial charge in [0.25, 0.3) is 0 Å². The van der Waals surface area contributed by atoms with Crippen LogP contribution in [0.3, 0.4) is 0 Å². The van der Waals surface area contributed by atoms with Crippen LogP contribution in [0.1, 0.15) is 15.9 Å². The largest absolute Gasteiger partial charge is 0.477 e. The normalized spacial score (nSPS) is 9.83. The van der Waals surface area contributed by atoms with Crippen LogP contribution in [-0.4, -0.2) is 21.8 Å². The number of thiol groups is 1. The number of hydrogen-bond acceptors (Lipinski definition) is 3. The number of aromatic amines is 1. The summed E-state index contributed by atoms with van der Waals surface area (Å²) in [5.74, 6) is 4.78. The Morgan fingerprint density at radius 2 is 2.22 bits per heavy atom. The highest BCUT2D eigenvalue weighted by atomic mass is 32.1. The van der Waals surface area contributed by atoms with Crippen LogP contribution >= 0.6 is 12.6 Å². The Morgan fingerprint density at radius 1 is 1.44 bits per heavy atom. The summed E-state index contributed by atoms with van der Waals surface area (Å²) in [6.07, 6.45) is 1.20. The van der Waals surface area contributed by atoms with Crippen LogP contribution in [0.15, 0.2) is 29.2 Å². The van der Waals surface area contributed by atoms with Crippen molar-refractivity contribution in [1.82, 2.24) is 4.98 Å². The van der Waals surface area contributed by atoms with Gasteiger partial charge in [-0.05, 0) is 18.2 Å². The third-order valence-electron chi connectivity index (χ3n) is 2.42. The van der Waals surface area contributed by atoms with Gasteiger partial charge in [-0.2, -0.15) is 12.6 Å². The summed E-state index contributed by atoms with van der Waals surface area (Å²) < 4.78 is 0. The minimum atomic E-state index is -1.25. The third kappa shape index (κ3) is 2.24. The van der Waals surface area contributed by atoms with E-state index in [2.05, 4.69) is 29.5 Å². The molecule has 0 bridgehead atoms. The lowest BCUT2D eigenvalue weighted by Gasteiger charge is -2.00. The number of aromatic nitrogens is 1. The molecular weight excluding hydrogens is 250 g/mol. The quantitative estimate of drug-likeness (QED) is 0.537. The van der Waals surface area contributed by atoms with Crippen molar-refractivity contribution in [2.24, 2.45) is 0 Å². The number of benzene rings is 1. The first kappa shape index (κ1) is 12.3. The molecule has 1 aromatic carbocycles. The SMILES string of the molecule is O=C(O)c1c[nH]c2ccc(C#CCS)cc2c1=O. The van der Waals surface area contributed by atoms with Crippen LogP contribution in [0.5, 0.6) is 0 Å². The Kier molecular flexibility index (Phi) is 3.40. The topological polar surface area (TPSA) is 70.2 Å². The van der Waals surface area contributed by atoms with Crippen molar-refractivity contribution in [1.29, 1.82) is 0 Å². The smallest absolute Gasteiger partial charge is 0.341 e. The Hall–Kier alpha value is -2.19. The van der Waals surface area contributed by atoms with E-state index in [9.17, 15) is 9.59 Å². The summed E-state index contributed by atoms with van der Waals surface area (Å²) in [6.45, 7) is 0. The van der Waals surface area contributed by atoms with Crippen LogP contribution in [0.25, 0.3) is 10.9 Å². The zero-order valence-corrected chi connectivity index (χ0v) is 10.1. The van der Waals surface area contributed by atoms with Crippen LogP contribution in [0.2, 0.25) is 0 Å². The number of carboxylic acid groups (broad SMARTS) is 1. The van der Waals surface area contributed by atoms with Crippen molar-refractivity contribution < 1.29 is 9.90 Å². The summed E-state index contributed by atoms with van der Waals surface area (Å²) in [5.41, 5.74) is 0.457. The lowest BCUT2D eigenvalue weighted by Crippen LogP contribution is -2.15. The van der Waals surface area contributed by atoms with Gasteiger partial charge in [-0.1, -0.05) is 11.8 Å². The number of fused-ring (bicyclic) bond motifs is 1. The van der Waals surface area contributed by atoms with Gasteiger partial charge in [0.15, 0.2) is 0 Å². The second-order valence-corrected chi connectivity index (χ2v) is 3.87. The minimum Gasteiger partial charge on any atom is -0.477 e. The van der Waals surface area contributed by atoms with Crippen LogP contribution in [-0.2, 0) is 0 Å². The number of rotatable bonds is 1. The number of hydrogen-bond donors (Lipinski definition) is 3. The summed E-state index contributed by atoms with van der Waals surface area (Å²) in [5, 5.41) is 9.20. The van der Waals surface area contributed by atoms with Gasteiger partial charge in [-0.25, -0.2) is 4.79 Å². The van der Waals surface area contributed by atoms with Gasteiger partial charge < -0.3 is 10.1 Å². The van der Waals surface area contributed by atoms with E-state index >= 15 is 0 Å². The van der Waals surface area contributed by atoms with Crippen molar-refractivity contribution in [2.75, 3.05) is 5.75 Å². The Balaban J connectivity index is 2.70. The highest BCUT2D eigenvalue weighted by molar-refractivity contribution is 7.80. The van der Waals surface area contributed by atoms with E-state index in [1.165, 1.54) is 6.20 Å². The molecule has 0 aliphatic rings. The molecule has 4 nitrogen and oxygen atoms in total. The number of nitrogens with one attached hydrogen (secondary N) is 1. The van der Waals surface area contributed by atoms with Gasteiger partial charge in [-0.3, -0.25) is 4.79 Å². The fourth-order valence-electron chi connectivity index (χ4n) is 1.60. The maximum Gasteiger partial charge on any atom is 0.341 e. The zero-order valence-electron chi connectivity index (χ0n) is 9.23. The number of pyridine rings is 1. The van der Waals surface area contributed by atoms with E-state index in [1.54, 1.807) is 18.2 Å². The summed E-state index contributed by atoms with van der Waals surface area (Å²) in [4.78, 5) is 25.6. The molecule has 1 aromatic heterocycles. The predicted octanol–water partition coefficient (Wildman–Crippen LogP) is 1.51. The first-order valence-electron chi connectivity index (χ1n) is 5.12. The van der Waals surface area contributed by atoms with E-state index < -0.39 is 11.4 Å². The molecule has 2 N–H and O–H groups in total. The Morgan fingerprint density at radius 3 is 2.89 bits per heavy atom. The van der Waals surface area contributed by atoms with Gasteiger partial charge in [0.2, 0.25) is 5.43 Å². The Labute approximate surface area is 108 Å². The molecule has 2 rings (SSSR count). The second kappa shape index (κ2) is 4.98. The van der Waals surface area contributed by atoms with Crippen LogP contribution in [0, 0.1) is 11.8 Å². The number of H-pyrrole nitrogens is 1. The van der Waals surface area contributed by atoms with E-state index in [4.69, 9.17) is 5.11 Å². The summed E-state index contributed by atoms with van der Waals surface area (Å²) in [6, 6.07) is 5.04. The molecule has 18 heavy (non-hydrogen) atoms. The lowest BCUT2D eigenvalue weighted by molar-refractivity contribution is 0.0695. The molecule has 0 saturated heterocycles. The molecule has 5 heteroatoms. The lowest BCUT2D eigenvalue weighted by atomic mass is 10.1. The van der Waals surface area contributed by atoms with Crippen molar-refractivity contribution in [3.8, 4) is 11.8 Å². The maximum atomic E-state index is 11.9. The molecule has 2 aromatic rings. The molecule has 0 amide bonds. The average Bonchev–Trinajstić information content (AvgIpc) is 2.36. The standard InChI is InChI=1S/C13H9NO3S/c15-12-9-6-8(2-1-5-18)3-4-11(9)14-7-10(12)13(16)17/h3-4,6-7,18H,5H2,(H,14,15)(H,16,17). The van der Waals surface area contributed by atoms with Crippen LogP contribution in [0.4, 0.5) is 0 Å². The van der Waals surface area contributed by atoms with Gasteiger partial charge in [0.05, 0.1) is 5.75 Å². The predicted molar refractivity (Wildman–Crippen MR) is 72.3 cm³/mol. The number of aromatic carboxylic acids is 1. The molecular formula is C13H9NO3S. The van der Waals surface area contributed by atoms with Crippen molar-refractivity contribution in [2.45, 2.75) is 0 Å². The highest BCUT2D eigenvalue weighted by Gasteiger charge is 2.11. The Bertz CT molecular complexity index is 737. The molecule has 0 fully saturated rings. The van der Waals surface area contributed by atoms with Crippen LogP contribution < -0.4 is 5.43 Å². The van der Waals surface area contributed by atoms with Gasteiger partial charge in [-0.15, -0.1) is 0 Å². The van der Waals surface area contributed by atoms with E-state index in [-0.39, 0.29) is 5.56 Å². The molecule has 0 aliphatic heterocycles. The second-order valence-electron chi connectivity index (χ2n) is 3.56. The van der Waals surface area contributed by atoms with E-state index in [1.807, 2.05) is 0 Å². The number of carbonyl (C=O) groups is 1. The highest BCUT2D eigenvalue weighted by Crippen LogP contribution is 2.10. The van der Waals surface area contributed by atoms with Gasteiger partial charge in [0.1, 0.15) is 5.56 Å². The minimum absolute atomic E-state index is 0.276. The number of carboxylic acids is 1. The van der Waals surface area contributed by atoms with Gasteiger partial charge in [0, 0.05) is 22.7 Å². The monoisotopic (exact) mass is 259 g/mol. The molecule has 0 aliphatic carbocycles. The molecule has 0 atom stereocenters. The fourth-order valence-corrected chi connectivity index (χ4v) is 1.68.